The maximum atomic E-state index is 13.9. The number of Topliss-reactive ketones (excluding diaryl/α,β-unsaturated/α-hetero) is 1. The van der Waals surface area contributed by atoms with Gasteiger partial charge in [-0.3, -0.25) is 4.79 Å². The van der Waals surface area contributed by atoms with Gasteiger partial charge in [-0.05, 0) is 44.9 Å². The van der Waals surface area contributed by atoms with E-state index in [2.05, 4.69) is 5.32 Å². The van der Waals surface area contributed by atoms with Crippen molar-refractivity contribution in [1.82, 2.24) is 5.32 Å². The summed E-state index contributed by atoms with van der Waals surface area (Å²) in [6.45, 7) is 5.45. The minimum absolute atomic E-state index is 0.0307. The summed E-state index contributed by atoms with van der Waals surface area (Å²) in [5, 5.41) is 3.38. The van der Waals surface area contributed by atoms with Crippen LogP contribution in [0.2, 0.25) is 0 Å². The van der Waals surface area contributed by atoms with E-state index < -0.39 is 11.9 Å². The molecule has 1 heterocycles. The second kappa shape index (κ2) is 10.5. The molecule has 2 atom stereocenters. The molecule has 2 unspecified atom stereocenters. The fourth-order valence-electron chi connectivity index (χ4n) is 5.26. The summed E-state index contributed by atoms with van der Waals surface area (Å²) in [6.07, 6.45) is 0.599. The average molecular weight is 492 g/mol. The molecule has 2 aromatic carbocycles. The van der Waals surface area contributed by atoms with Crippen LogP contribution in [0.3, 0.4) is 0 Å². The van der Waals surface area contributed by atoms with Gasteiger partial charge in [0.1, 0.15) is 5.75 Å². The number of carbonyl (C=O) groups is 2. The quantitative estimate of drug-likeness (QED) is 0.544. The molecule has 0 saturated carbocycles. The Morgan fingerprint density at radius 2 is 1.58 bits per heavy atom. The Labute approximate surface area is 212 Å². The van der Waals surface area contributed by atoms with E-state index in [0.717, 1.165) is 17.0 Å². The van der Waals surface area contributed by atoms with Crippen molar-refractivity contribution < 1.29 is 28.5 Å². The zero-order valence-electron chi connectivity index (χ0n) is 21.6. The van der Waals surface area contributed by atoms with Gasteiger partial charge in [0.25, 0.3) is 0 Å². The van der Waals surface area contributed by atoms with Crippen LogP contribution in [-0.4, -0.2) is 39.2 Å². The summed E-state index contributed by atoms with van der Waals surface area (Å²) in [5.41, 5.74) is 4.10. The molecule has 1 aliphatic heterocycles. The number of carbonyl (C=O) groups excluding carboxylic acids is 2. The summed E-state index contributed by atoms with van der Waals surface area (Å²) in [4.78, 5) is 27.2. The third kappa shape index (κ3) is 4.57. The SMILES string of the molecule is COc1ccccc1C1CC(=O)C2=C(C1)NC(C)=C(C(=O)OC(C)C)C2c1cccc(OC)c1OC. The molecule has 1 aliphatic carbocycles. The smallest absolute Gasteiger partial charge is 0.337 e. The normalized spacial score (nSPS) is 19.6. The predicted octanol–water partition coefficient (Wildman–Crippen LogP) is 5.03. The molecule has 2 aromatic rings. The van der Waals surface area contributed by atoms with Gasteiger partial charge in [0, 0.05) is 34.9 Å². The summed E-state index contributed by atoms with van der Waals surface area (Å²) >= 11 is 0. The van der Waals surface area contributed by atoms with E-state index in [0.29, 0.717) is 46.7 Å². The monoisotopic (exact) mass is 491 g/mol. The Hall–Kier alpha value is -3.74. The molecule has 0 saturated heterocycles. The molecular formula is C29H33NO6. The molecule has 0 spiro atoms. The average Bonchev–Trinajstić information content (AvgIpc) is 2.86. The first-order chi connectivity index (χ1) is 17.3. The van der Waals surface area contributed by atoms with Gasteiger partial charge >= 0.3 is 5.97 Å². The molecule has 0 radical (unpaired) electrons. The Bertz CT molecular complexity index is 1240. The molecule has 190 valence electrons. The Morgan fingerprint density at radius 1 is 0.917 bits per heavy atom. The standard InChI is InChI=1S/C29H33NO6/c1-16(2)36-29(32)25-17(3)30-21-14-18(19-10-7-8-12-23(19)33-4)15-22(31)27(21)26(25)20-11-9-13-24(34-5)28(20)35-6/h7-13,16,18,26,30H,14-15H2,1-6H3. The number of methoxy groups -OCH3 is 3. The zero-order valence-corrected chi connectivity index (χ0v) is 21.6. The van der Waals surface area contributed by atoms with E-state index in [4.69, 9.17) is 18.9 Å². The third-order valence-corrected chi connectivity index (χ3v) is 6.71. The number of allylic oxidation sites excluding steroid dienone is 3. The van der Waals surface area contributed by atoms with Gasteiger partial charge in [-0.15, -0.1) is 0 Å². The van der Waals surface area contributed by atoms with E-state index in [9.17, 15) is 9.59 Å². The third-order valence-electron chi connectivity index (χ3n) is 6.71. The molecule has 1 N–H and O–H groups in total. The van der Waals surface area contributed by atoms with E-state index >= 15 is 0 Å². The van der Waals surface area contributed by atoms with Crippen LogP contribution in [0.15, 0.2) is 65.0 Å². The van der Waals surface area contributed by atoms with Crippen LogP contribution in [0, 0.1) is 0 Å². The van der Waals surface area contributed by atoms with Crippen molar-refractivity contribution >= 4 is 11.8 Å². The topological polar surface area (TPSA) is 83.1 Å². The van der Waals surface area contributed by atoms with Gasteiger partial charge in [0.05, 0.1) is 38.9 Å². The first kappa shape index (κ1) is 25.4. The van der Waals surface area contributed by atoms with Crippen LogP contribution in [0.25, 0.3) is 0 Å². The van der Waals surface area contributed by atoms with Crippen molar-refractivity contribution in [2.75, 3.05) is 21.3 Å². The minimum Gasteiger partial charge on any atom is -0.496 e. The number of ketones is 1. The number of dihydropyridines is 1. The van der Waals surface area contributed by atoms with Gasteiger partial charge in [-0.2, -0.15) is 0 Å². The van der Waals surface area contributed by atoms with Crippen LogP contribution < -0.4 is 19.5 Å². The number of nitrogens with one attached hydrogen (secondary N) is 1. The lowest BCUT2D eigenvalue weighted by Crippen LogP contribution is -2.36. The number of esters is 1. The lowest BCUT2D eigenvalue weighted by molar-refractivity contribution is -0.143. The molecule has 4 rings (SSSR count). The summed E-state index contributed by atoms with van der Waals surface area (Å²) in [7, 11) is 4.76. The lowest BCUT2D eigenvalue weighted by Gasteiger charge is -2.37. The van der Waals surface area contributed by atoms with Crippen molar-refractivity contribution in [3.05, 3.63) is 76.1 Å². The van der Waals surface area contributed by atoms with Crippen molar-refractivity contribution in [2.45, 2.75) is 51.6 Å². The zero-order chi connectivity index (χ0) is 26.0. The molecule has 7 nitrogen and oxygen atoms in total. The number of benzene rings is 2. The number of ether oxygens (including phenoxy) is 4. The number of hydrogen-bond acceptors (Lipinski definition) is 7. The van der Waals surface area contributed by atoms with Crippen molar-refractivity contribution in [1.29, 1.82) is 0 Å². The Balaban J connectivity index is 1.88. The van der Waals surface area contributed by atoms with Crippen LogP contribution >= 0.6 is 0 Å². The van der Waals surface area contributed by atoms with Crippen LogP contribution in [0.5, 0.6) is 17.2 Å². The van der Waals surface area contributed by atoms with E-state index in [1.54, 1.807) is 41.2 Å². The number of rotatable bonds is 7. The molecule has 0 fully saturated rings. The van der Waals surface area contributed by atoms with Crippen LogP contribution in [0.4, 0.5) is 0 Å². The number of para-hydroxylation sites is 2. The highest BCUT2D eigenvalue weighted by molar-refractivity contribution is 6.04. The van der Waals surface area contributed by atoms with E-state index in [-0.39, 0.29) is 17.8 Å². The van der Waals surface area contributed by atoms with Crippen molar-refractivity contribution in [3.8, 4) is 17.2 Å². The van der Waals surface area contributed by atoms with Crippen LogP contribution in [-0.2, 0) is 14.3 Å². The Morgan fingerprint density at radius 3 is 2.25 bits per heavy atom. The lowest BCUT2D eigenvalue weighted by atomic mass is 9.71. The van der Waals surface area contributed by atoms with Gasteiger partial charge in [-0.1, -0.05) is 30.3 Å². The summed E-state index contributed by atoms with van der Waals surface area (Å²) in [6, 6.07) is 13.3. The second-order valence-electron chi connectivity index (χ2n) is 9.30. The van der Waals surface area contributed by atoms with E-state index in [1.165, 1.54) is 0 Å². The first-order valence-corrected chi connectivity index (χ1v) is 12.1. The molecule has 2 aliphatic rings. The fraction of sp³-hybridized carbons (Fsp3) is 0.379. The Kier molecular flexibility index (Phi) is 7.38. The van der Waals surface area contributed by atoms with Crippen molar-refractivity contribution in [2.24, 2.45) is 0 Å². The van der Waals surface area contributed by atoms with Crippen molar-refractivity contribution in [3.63, 3.8) is 0 Å². The minimum atomic E-state index is -0.649. The first-order valence-electron chi connectivity index (χ1n) is 12.1. The highest BCUT2D eigenvalue weighted by Crippen LogP contribution is 2.50. The maximum Gasteiger partial charge on any atom is 0.337 e. The van der Waals surface area contributed by atoms with Crippen LogP contribution in [0.1, 0.15) is 56.6 Å². The van der Waals surface area contributed by atoms with Gasteiger partial charge in [0.15, 0.2) is 17.3 Å². The molecular weight excluding hydrogens is 458 g/mol. The number of hydrogen-bond donors (Lipinski definition) is 1. The predicted molar refractivity (Wildman–Crippen MR) is 136 cm³/mol. The molecule has 0 amide bonds. The molecule has 7 heteroatoms. The summed E-state index contributed by atoms with van der Waals surface area (Å²) in [5.74, 6) is 0.581. The molecule has 0 bridgehead atoms. The van der Waals surface area contributed by atoms with E-state index in [1.807, 2.05) is 43.3 Å². The molecule has 0 aromatic heterocycles. The molecule has 36 heavy (non-hydrogen) atoms. The highest BCUT2D eigenvalue weighted by Gasteiger charge is 2.43. The maximum absolute atomic E-state index is 13.9. The summed E-state index contributed by atoms with van der Waals surface area (Å²) < 4.78 is 22.5. The second-order valence-corrected chi connectivity index (χ2v) is 9.30. The fourth-order valence-corrected chi connectivity index (χ4v) is 5.26. The van der Waals surface area contributed by atoms with Gasteiger partial charge in [0.2, 0.25) is 0 Å². The van der Waals surface area contributed by atoms with Gasteiger partial charge in [-0.25, -0.2) is 4.79 Å². The largest absolute Gasteiger partial charge is 0.496 e. The highest BCUT2D eigenvalue weighted by atomic mass is 16.5. The van der Waals surface area contributed by atoms with Gasteiger partial charge < -0.3 is 24.3 Å².